The van der Waals surface area contributed by atoms with Crippen LogP contribution in [0.5, 0.6) is 0 Å². The van der Waals surface area contributed by atoms with Crippen molar-refractivity contribution < 1.29 is 9.59 Å². The van der Waals surface area contributed by atoms with Gasteiger partial charge in [-0.3, -0.25) is 9.59 Å². The molecule has 1 amide bonds. The Morgan fingerprint density at radius 1 is 0.970 bits per heavy atom. The molecular formula is C28H31N3O2. The van der Waals surface area contributed by atoms with Crippen LogP contribution >= 0.6 is 0 Å². The Balaban J connectivity index is 1.61. The highest BCUT2D eigenvalue weighted by Crippen LogP contribution is 2.23. The molecule has 0 atom stereocenters. The molecule has 0 aromatic heterocycles. The third-order valence-corrected chi connectivity index (χ3v) is 5.52. The molecule has 0 saturated heterocycles. The first kappa shape index (κ1) is 23.8. The van der Waals surface area contributed by atoms with Crippen LogP contribution in [0.25, 0.3) is 0 Å². The molecule has 3 rings (SSSR count). The average Bonchev–Trinajstić information content (AvgIpc) is 2.75. The lowest BCUT2D eigenvalue weighted by atomic mass is 9.87. The van der Waals surface area contributed by atoms with Gasteiger partial charge >= 0.3 is 0 Å². The lowest BCUT2D eigenvalue weighted by Crippen LogP contribution is -2.26. The number of carbonyl (C=O) groups excluding carboxylic acids is 2. The second-order valence-corrected chi connectivity index (χ2v) is 9.21. The molecule has 3 aromatic carbocycles. The van der Waals surface area contributed by atoms with Crippen LogP contribution in [0.2, 0.25) is 0 Å². The van der Waals surface area contributed by atoms with Crippen molar-refractivity contribution in [2.75, 3.05) is 11.1 Å². The van der Waals surface area contributed by atoms with Gasteiger partial charge in [-0.15, -0.1) is 0 Å². The second-order valence-electron chi connectivity index (χ2n) is 9.21. The van der Waals surface area contributed by atoms with Crippen molar-refractivity contribution in [1.29, 1.82) is 0 Å². The van der Waals surface area contributed by atoms with Gasteiger partial charge in [0.15, 0.2) is 5.78 Å². The number of nitrogens with one attached hydrogen (secondary N) is 2. The highest BCUT2D eigenvalue weighted by molar-refractivity contribution is 5.99. The van der Waals surface area contributed by atoms with Gasteiger partial charge in [0.1, 0.15) is 5.82 Å². The standard InChI is InChI=1S/C28H31N3O2/c1-18-8-6-7-9-24(18)26(32)16-21-12-15-23(17-25(21)29)30-19(2)31-27(33)20-10-13-22(14-11-20)28(3,4)5/h6-15,17,30H,2,16,29H2,1,3-5H3,(H,31,33). The summed E-state index contributed by atoms with van der Waals surface area (Å²) >= 11 is 0. The maximum absolute atomic E-state index is 12.6. The number of hydrogen-bond acceptors (Lipinski definition) is 4. The summed E-state index contributed by atoms with van der Waals surface area (Å²) in [5, 5.41) is 5.81. The zero-order chi connectivity index (χ0) is 24.2. The van der Waals surface area contributed by atoms with Crippen molar-refractivity contribution in [2.24, 2.45) is 0 Å². The number of nitrogen functional groups attached to an aromatic ring is 1. The Kier molecular flexibility index (Phi) is 7.02. The highest BCUT2D eigenvalue weighted by Gasteiger charge is 2.15. The number of Topliss-reactive ketones (excluding diaryl/α,β-unsaturated/α-hetero) is 1. The van der Waals surface area contributed by atoms with E-state index in [2.05, 4.69) is 38.0 Å². The Morgan fingerprint density at radius 2 is 1.64 bits per heavy atom. The van der Waals surface area contributed by atoms with Crippen LogP contribution in [0.3, 0.4) is 0 Å². The van der Waals surface area contributed by atoms with E-state index in [-0.39, 0.29) is 23.5 Å². The molecule has 3 aromatic rings. The van der Waals surface area contributed by atoms with Gasteiger partial charge in [0.2, 0.25) is 0 Å². The summed E-state index contributed by atoms with van der Waals surface area (Å²) in [6, 6.07) is 20.4. The number of hydrogen-bond donors (Lipinski definition) is 3. The van der Waals surface area contributed by atoms with Crippen molar-refractivity contribution in [3.63, 3.8) is 0 Å². The molecule has 5 nitrogen and oxygen atoms in total. The molecule has 4 N–H and O–H groups in total. The van der Waals surface area contributed by atoms with Gasteiger partial charge in [-0.2, -0.15) is 0 Å². The number of nitrogens with two attached hydrogens (primary N) is 1. The maximum Gasteiger partial charge on any atom is 0.256 e. The second kappa shape index (κ2) is 9.74. The Morgan fingerprint density at radius 3 is 2.24 bits per heavy atom. The smallest absolute Gasteiger partial charge is 0.256 e. The van der Waals surface area contributed by atoms with E-state index in [1.165, 1.54) is 0 Å². The van der Waals surface area contributed by atoms with Gasteiger partial charge in [0, 0.05) is 28.9 Å². The molecule has 0 aliphatic carbocycles. The van der Waals surface area contributed by atoms with Crippen molar-refractivity contribution in [3.8, 4) is 0 Å². The van der Waals surface area contributed by atoms with E-state index in [0.29, 0.717) is 28.3 Å². The first-order valence-electron chi connectivity index (χ1n) is 10.9. The molecule has 0 radical (unpaired) electrons. The molecule has 5 heteroatoms. The Hall–Kier alpha value is -3.86. The minimum absolute atomic E-state index is 0.0228. The van der Waals surface area contributed by atoms with Crippen molar-refractivity contribution in [3.05, 3.63) is 107 Å². The summed E-state index contributed by atoms with van der Waals surface area (Å²) in [5.74, 6) is 0.110. The zero-order valence-corrected chi connectivity index (χ0v) is 19.7. The normalized spacial score (nSPS) is 11.0. The quantitative estimate of drug-likeness (QED) is 0.328. The van der Waals surface area contributed by atoms with Crippen LogP contribution in [-0.4, -0.2) is 11.7 Å². The summed E-state index contributed by atoms with van der Waals surface area (Å²) in [6.45, 7) is 12.2. The number of benzene rings is 3. The van der Waals surface area contributed by atoms with E-state index in [4.69, 9.17) is 5.73 Å². The molecule has 0 spiro atoms. The Labute approximate surface area is 195 Å². The summed E-state index contributed by atoms with van der Waals surface area (Å²) in [6.07, 6.45) is 0.221. The van der Waals surface area contributed by atoms with Gasteiger partial charge in [-0.1, -0.05) is 69.8 Å². The van der Waals surface area contributed by atoms with Crippen LogP contribution in [0.4, 0.5) is 11.4 Å². The monoisotopic (exact) mass is 441 g/mol. The number of carbonyl (C=O) groups is 2. The first-order chi connectivity index (χ1) is 15.5. The van der Waals surface area contributed by atoms with Crippen LogP contribution in [0, 0.1) is 6.92 Å². The van der Waals surface area contributed by atoms with Crippen LogP contribution < -0.4 is 16.4 Å². The van der Waals surface area contributed by atoms with E-state index in [1.54, 1.807) is 18.2 Å². The van der Waals surface area contributed by atoms with E-state index < -0.39 is 0 Å². The third-order valence-electron chi connectivity index (χ3n) is 5.52. The van der Waals surface area contributed by atoms with E-state index in [0.717, 1.165) is 16.7 Å². The summed E-state index contributed by atoms with van der Waals surface area (Å²) in [4.78, 5) is 25.2. The molecule has 0 bridgehead atoms. The Bertz CT molecular complexity index is 1190. The van der Waals surface area contributed by atoms with Crippen molar-refractivity contribution in [2.45, 2.75) is 39.5 Å². The van der Waals surface area contributed by atoms with E-state index in [9.17, 15) is 9.59 Å². The van der Waals surface area contributed by atoms with E-state index in [1.807, 2.05) is 55.5 Å². The molecule has 0 fully saturated rings. The molecule has 170 valence electrons. The molecule has 33 heavy (non-hydrogen) atoms. The van der Waals surface area contributed by atoms with Crippen LogP contribution in [0.15, 0.2) is 79.1 Å². The molecule has 0 unspecified atom stereocenters. The minimum atomic E-state index is -0.249. The van der Waals surface area contributed by atoms with Crippen LogP contribution in [-0.2, 0) is 11.8 Å². The number of ketones is 1. The molecule has 0 aliphatic heterocycles. The summed E-state index contributed by atoms with van der Waals surface area (Å²) < 4.78 is 0. The molecule has 0 heterocycles. The van der Waals surface area contributed by atoms with Crippen LogP contribution in [0.1, 0.15) is 58.2 Å². The SMILES string of the molecule is C=C(NC(=O)c1ccc(C(C)(C)C)cc1)Nc1ccc(CC(=O)c2ccccc2C)c(N)c1. The molecular weight excluding hydrogens is 410 g/mol. The number of amides is 1. The predicted octanol–water partition coefficient (Wildman–Crippen LogP) is 5.61. The summed E-state index contributed by atoms with van der Waals surface area (Å²) in [5.41, 5.74) is 11.5. The average molecular weight is 442 g/mol. The van der Waals surface area contributed by atoms with Gasteiger partial charge in [0.25, 0.3) is 5.91 Å². The lowest BCUT2D eigenvalue weighted by molar-refractivity contribution is 0.0964. The number of anilines is 2. The van der Waals surface area contributed by atoms with Gasteiger partial charge in [-0.05, 0) is 53.3 Å². The largest absolute Gasteiger partial charge is 0.398 e. The first-order valence-corrected chi connectivity index (χ1v) is 10.9. The van der Waals surface area contributed by atoms with Gasteiger partial charge in [-0.25, -0.2) is 0 Å². The maximum atomic E-state index is 12.6. The topological polar surface area (TPSA) is 84.2 Å². The fourth-order valence-electron chi connectivity index (χ4n) is 3.52. The van der Waals surface area contributed by atoms with E-state index >= 15 is 0 Å². The number of aryl methyl sites for hydroxylation is 1. The fraction of sp³-hybridized carbons (Fsp3) is 0.214. The summed E-state index contributed by atoms with van der Waals surface area (Å²) in [7, 11) is 0. The fourth-order valence-corrected chi connectivity index (χ4v) is 3.52. The van der Waals surface area contributed by atoms with Gasteiger partial charge in [0.05, 0.1) is 0 Å². The molecule has 0 aliphatic rings. The predicted molar refractivity (Wildman–Crippen MR) is 135 cm³/mol. The van der Waals surface area contributed by atoms with Crippen molar-refractivity contribution in [1.82, 2.24) is 5.32 Å². The van der Waals surface area contributed by atoms with Gasteiger partial charge < -0.3 is 16.4 Å². The number of rotatable bonds is 7. The van der Waals surface area contributed by atoms with Crippen molar-refractivity contribution >= 4 is 23.1 Å². The zero-order valence-electron chi connectivity index (χ0n) is 19.7. The lowest BCUT2D eigenvalue weighted by Gasteiger charge is -2.19. The highest BCUT2D eigenvalue weighted by atomic mass is 16.1. The molecule has 0 saturated carbocycles. The third kappa shape index (κ3) is 6.10. The minimum Gasteiger partial charge on any atom is -0.398 e.